The van der Waals surface area contributed by atoms with Crippen molar-refractivity contribution in [3.05, 3.63) is 24.3 Å². The Kier molecular flexibility index (Phi) is 5.19. The van der Waals surface area contributed by atoms with Gasteiger partial charge in [-0.1, -0.05) is 12.1 Å². The Morgan fingerprint density at radius 2 is 2.12 bits per heavy atom. The molecule has 4 nitrogen and oxygen atoms in total. The molecule has 0 unspecified atom stereocenters. The van der Waals surface area contributed by atoms with Crippen molar-refractivity contribution in [2.75, 3.05) is 26.1 Å². The summed E-state index contributed by atoms with van der Waals surface area (Å²) < 4.78 is 10.1. The molecule has 0 radical (unpaired) electrons. The Morgan fingerprint density at radius 1 is 1.38 bits per heavy atom. The summed E-state index contributed by atoms with van der Waals surface area (Å²) >= 11 is 0. The summed E-state index contributed by atoms with van der Waals surface area (Å²) in [6, 6.07) is 7.68. The van der Waals surface area contributed by atoms with Crippen LogP contribution >= 0.6 is 0 Å². The molecule has 0 saturated heterocycles. The number of ether oxygens (including phenoxy) is 2. The van der Waals surface area contributed by atoms with Gasteiger partial charge in [0, 0.05) is 13.5 Å². The Bertz CT molecular complexity index is 339. The van der Waals surface area contributed by atoms with Gasteiger partial charge in [-0.2, -0.15) is 0 Å². The number of hydrogen-bond donors (Lipinski definition) is 1. The molecule has 0 saturated carbocycles. The van der Waals surface area contributed by atoms with E-state index >= 15 is 0 Å². The number of para-hydroxylation sites is 2. The first-order valence-corrected chi connectivity index (χ1v) is 5.24. The summed E-state index contributed by atoms with van der Waals surface area (Å²) in [4.78, 5) is 10.9. The molecular weight excluding hydrogens is 206 g/mol. The van der Waals surface area contributed by atoms with Crippen LogP contribution in [0.15, 0.2) is 24.3 Å². The highest BCUT2D eigenvalue weighted by Gasteiger charge is 2.02. The lowest BCUT2D eigenvalue weighted by Crippen LogP contribution is -2.05. The van der Waals surface area contributed by atoms with E-state index in [2.05, 4.69) is 10.1 Å². The van der Waals surface area contributed by atoms with Crippen LogP contribution in [0.1, 0.15) is 12.8 Å². The molecule has 88 valence electrons. The number of anilines is 1. The maximum absolute atomic E-state index is 10.9. The van der Waals surface area contributed by atoms with Gasteiger partial charge in [0.05, 0.1) is 19.4 Å². The third-order valence-electron chi connectivity index (χ3n) is 2.17. The van der Waals surface area contributed by atoms with Crippen molar-refractivity contribution in [3.8, 4) is 5.75 Å². The van der Waals surface area contributed by atoms with Gasteiger partial charge in [0.15, 0.2) is 0 Å². The third kappa shape index (κ3) is 3.81. The van der Waals surface area contributed by atoms with Crippen molar-refractivity contribution < 1.29 is 14.3 Å². The van der Waals surface area contributed by atoms with Crippen molar-refractivity contribution in [1.82, 2.24) is 0 Å². The summed E-state index contributed by atoms with van der Waals surface area (Å²) in [5.74, 6) is 0.598. The first-order valence-electron chi connectivity index (χ1n) is 5.24. The van der Waals surface area contributed by atoms with Crippen molar-refractivity contribution in [1.29, 1.82) is 0 Å². The van der Waals surface area contributed by atoms with Gasteiger partial charge in [-0.25, -0.2) is 0 Å². The molecule has 1 aromatic carbocycles. The maximum Gasteiger partial charge on any atom is 0.305 e. The molecule has 1 N–H and O–H groups in total. The number of benzene rings is 1. The number of carbonyl (C=O) groups is 1. The predicted molar refractivity (Wildman–Crippen MR) is 62.7 cm³/mol. The Balaban J connectivity index is 2.34. The zero-order valence-corrected chi connectivity index (χ0v) is 9.66. The van der Waals surface area contributed by atoms with Gasteiger partial charge < -0.3 is 14.8 Å². The van der Waals surface area contributed by atoms with E-state index in [9.17, 15) is 4.79 Å². The number of rotatable bonds is 6. The number of esters is 1. The molecule has 4 heteroatoms. The van der Waals surface area contributed by atoms with Crippen LogP contribution in [0.5, 0.6) is 5.75 Å². The average molecular weight is 223 g/mol. The van der Waals surface area contributed by atoms with Gasteiger partial charge in [-0.05, 0) is 18.6 Å². The van der Waals surface area contributed by atoms with Gasteiger partial charge in [-0.15, -0.1) is 0 Å². The van der Waals surface area contributed by atoms with Crippen molar-refractivity contribution >= 4 is 11.7 Å². The fraction of sp³-hybridized carbons (Fsp3) is 0.417. The van der Waals surface area contributed by atoms with E-state index in [0.717, 1.165) is 11.4 Å². The molecule has 16 heavy (non-hydrogen) atoms. The van der Waals surface area contributed by atoms with E-state index in [1.807, 2.05) is 31.3 Å². The lowest BCUT2D eigenvalue weighted by Gasteiger charge is -2.10. The van der Waals surface area contributed by atoms with E-state index in [-0.39, 0.29) is 5.97 Å². The monoisotopic (exact) mass is 223 g/mol. The minimum atomic E-state index is -0.203. The summed E-state index contributed by atoms with van der Waals surface area (Å²) in [6.45, 7) is 0.508. The van der Waals surface area contributed by atoms with Crippen LogP contribution < -0.4 is 10.1 Å². The maximum atomic E-state index is 10.9. The predicted octanol–water partition coefficient (Wildman–Crippen LogP) is 2.06. The van der Waals surface area contributed by atoms with E-state index < -0.39 is 0 Å². The van der Waals surface area contributed by atoms with Gasteiger partial charge in [-0.3, -0.25) is 4.79 Å². The zero-order chi connectivity index (χ0) is 11.8. The Morgan fingerprint density at radius 3 is 2.81 bits per heavy atom. The first kappa shape index (κ1) is 12.4. The van der Waals surface area contributed by atoms with Crippen LogP contribution in [0.2, 0.25) is 0 Å². The van der Waals surface area contributed by atoms with E-state index in [1.165, 1.54) is 7.11 Å². The summed E-state index contributed by atoms with van der Waals surface area (Å²) in [7, 11) is 3.23. The SMILES string of the molecule is CNc1ccccc1OCCCC(=O)OC. The van der Waals surface area contributed by atoms with Crippen LogP contribution in [0.25, 0.3) is 0 Å². The molecule has 0 aliphatic rings. The molecule has 1 aromatic rings. The second-order valence-electron chi connectivity index (χ2n) is 3.27. The number of nitrogens with one attached hydrogen (secondary N) is 1. The first-order chi connectivity index (χ1) is 7.77. The molecular formula is C12H17NO3. The highest BCUT2D eigenvalue weighted by molar-refractivity contribution is 5.69. The lowest BCUT2D eigenvalue weighted by atomic mass is 10.3. The molecule has 0 spiro atoms. The molecule has 0 aliphatic carbocycles. The minimum Gasteiger partial charge on any atom is -0.491 e. The molecule has 0 aliphatic heterocycles. The third-order valence-corrected chi connectivity index (χ3v) is 2.17. The summed E-state index contributed by atoms with van der Waals surface area (Å²) in [5, 5.41) is 3.04. The summed E-state index contributed by atoms with van der Waals surface area (Å²) in [5.41, 5.74) is 0.945. The van der Waals surface area contributed by atoms with E-state index in [0.29, 0.717) is 19.4 Å². The van der Waals surface area contributed by atoms with Crippen LogP contribution in [-0.4, -0.2) is 26.7 Å². The highest BCUT2D eigenvalue weighted by Crippen LogP contribution is 2.22. The standard InChI is InChI=1S/C12H17NO3/c1-13-10-6-3-4-7-11(10)16-9-5-8-12(14)15-2/h3-4,6-7,13H,5,8-9H2,1-2H3. The molecule has 0 bridgehead atoms. The lowest BCUT2D eigenvalue weighted by molar-refractivity contribution is -0.140. The molecule has 0 heterocycles. The Hall–Kier alpha value is -1.71. The molecule has 0 atom stereocenters. The van der Waals surface area contributed by atoms with Crippen molar-refractivity contribution in [2.24, 2.45) is 0 Å². The van der Waals surface area contributed by atoms with E-state index in [1.54, 1.807) is 0 Å². The summed E-state index contributed by atoms with van der Waals surface area (Å²) in [6.07, 6.45) is 1.04. The quantitative estimate of drug-likeness (QED) is 0.592. The smallest absolute Gasteiger partial charge is 0.305 e. The number of methoxy groups -OCH3 is 1. The van der Waals surface area contributed by atoms with Crippen LogP contribution in [0, 0.1) is 0 Å². The second-order valence-corrected chi connectivity index (χ2v) is 3.27. The fourth-order valence-electron chi connectivity index (χ4n) is 1.30. The van der Waals surface area contributed by atoms with Crippen molar-refractivity contribution in [3.63, 3.8) is 0 Å². The van der Waals surface area contributed by atoms with Crippen LogP contribution in [0.3, 0.4) is 0 Å². The fourth-order valence-corrected chi connectivity index (χ4v) is 1.30. The second kappa shape index (κ2) is 6.71. The molecule has 0 amide bonds. The van der Waals surface area contributed by atoms with Crippen molar-refractivity contribution in [2.45, 2.75) is 12.8 Å². The normalized spacial score (nSPS) is 9.62. The zero-order valence-electron chi connectivity index (χ0n) is 9.66. The average Bonchev–Trinajstić information content (AvgIpc) is 2.34. The van der Waals surface area contributed by atoms with Gasteiger partial charge >= 0.3 is 5.97 Å². The van der Waals surface area contributed by atoms with Gasteiger partial charge in [0.2, 0.25) is 0 Å². The minimum absolute atomic E-state index is 0.203. The van der Waals surface area contributed by atoms with Crippen LogP contribution in [-0.2, 0) is 9.53 Å². The van der Waals surface area contributed by atoms with Crippen LogP contribution in [0.4, 0.5) is 5.69 Å². The molecule has 0 fully saturated rings. The Labute approximate surface area is 95.6 Å². The largest absolute Gasteiger partial charge is 0.491 e. The number of hydrogen-bond acceptors (Lipinski definition) is 4. The molecule has 1 rings (SSSR count). The number of carbonyl (C=O) groups excluding carboxylic acids is 1. The topological polar surface area (TPSA) is 47.6 Å². The highest BCUT2D eigenvalue weighted by atomic mass is 16.5. The van der Waals surface area contributed by atoms with Gasteiger partial charge in [0.25, 0.3) is 0 Å². The van der Waals surface area contributed by atoms with E-state index in [4.69, 9.17) is 4.74 Å². The van der Waals surface area contributed by atoms with Gasteiger partial charge in [0.1, 0.15) is 5.75 Å². The molecule has 0 aromatic heterocycles.